The zero-order valence-corrected chi connectivity index (χ0v) is 17.3. The fourth-order valence-electron chi connectivity index (χ4n) is 5.10. The van der Waals surface area contributed by atoms with Crippen molar-refractivity contribution in [1.82, 2.24) is 9.80 Å². The second-order valence-electron chi connectivity index (χ2n) is 8.66. The van der Waals surface area contributed by atoms with E-state index in [0.717, 1.165) is 30.5 Å². The molecule has 3 aliphatic rings. The van der Waals surface area contributed by atoms with Gasteiger partial charge < -0.3 is 14.5 Å². The average Bonchev–Trinajstić information content (AvgIpc) is 3.30. The monoisotopic (exact) mass is 426 g/mol. The highest BCUT2D eigenvalue weighted by Crippen LogP contribution is 2.47. The Bertz CT molecular complexity index is 1030. The summed E-state index contributed by atoms with van der Waals surface area (Å²) in [6.45, 7) is 1.97. The summed E-state index contributed by atoms with van der Waals surface area (Å²) >= 11 is 0. The van der Waals surface area contributed by atoms with E-state index in [0.29, 0.717) is 12.8 Å². The van der Waals surface area contributed by atoms with E-state index < -0.39 is 23.1 Å². The number of benzene rings is 2. The van der Waals surface area contributed by atoms with Crippen molar-refractivity contribution in [3.05, 3.63) is 70.8 Å². The number of carbonyl (C=O) groups is 2. The van der Waals surface area contributed by atoms with Crippen molar-refractivity contribution in [2.45, 2.75) is 50.5 Å². The molecule has 3 aliphatic heterocycles. The van der Waals surface area contributed by atoms with Crippen molar-refractivity contribution < 1.29 is 23.1 Å². The molecule has 7 heteroatoms. The Kier molecular flexibility index (Phi) is 4.81. The van der Waals surface area contributed by atoms with Gasteiger partial charge in [0.2, 0.25) is 0 Å². The molecule has 3 heterocycles. The fourth-order valence-corrected chi connectivity index (χ4v) is 5.10. The third-order valence-electron chi connectivity index (χ3n) is 6.84. The summed E-state index contributed by atoms with van der Waals surface area (Å²) in [6.07, 6.45) is 2.09. The Balaban J connectivity index is 1.31. The predicted octanol–water partition coefficient (Wildman–Crippen LogP) is 3.97. The Morgan fingerprint density at radius 3 is 2.48 bits per heavy atom. The SMILES string of the molecule is Cc1cc(F)c(C(=O)N2CCC3(CC2)O[C@@H]2CC[C@@H](c4ccccc4)N2C3=O)cc1F. The molecule has 2 aromatic rings. The van der Waals surface area contributed by atoms with Gasteiger partial charge in [0, 0.05) is 25.9 Å². The van der Waals surface area contributed by atoms with Crippen LogP contribution in [-0.2, 0) is 9.53 Å². The maximum absolute atomic E-state index is 14.3. The molecule has 0 aliphatic carbocycles. The van der Waals surface area contributed by atoms with Gasteiger partial charge in [-0.1, -0.05) is 30.3 Å². The Hall–Kier alpha value is -2.80. The van der Waals surface area contributed by atoms with Crippen molar-refractivity contribution >= 4 is 11.8 Å². The largest absolute Gasteiger partial charge is 0.342 e. The van der Waals surface area contributed by atoms with Crippen LogP contribution in [0.5, 0.6) is 0 Å². The van der Waals surface area contributed by atoms with Gasteiger partial charge in [-0.3, -0.25) is 9.59 Å². The van der Waals surface area contributed by atoms with Gasteiger partial charge >= 0.3 is 0 Å². The topological polar surface area (TPSA) is 49.9 Å². The minimum absolute atomic E-state index is 0.00219. The van der Waals surface area contributed by atoms with Crippen LogP contribution >= 0.6 is 0 Å². The number of carbonyl (C=O) groups excluding carboxylic acids is 2. The predicted molar refractivity (Wildman–Crippen MR) is 109 cm³/mol. The first-order chi connectivity index (χ1) is 14.9. The van der Waals surface area contributed by atoms with Crippen molar-refractivity contribution in [3.63, 3.8) is 0 Å². The number of hydrogen-bond donors (Lipinski definition) is 0. The first-order valence-corrected chi connectivity index (χ1v) is 10.7. The van der Waals surface area contributed by atoms with Crippen LogP contribution in [0.3, 0.4) is 0 Å². The number of piperidine rings is 1. The van der Waals surface area contributed by atoms with Crippen molar-refractivity contribution in [2.24, 2.45) is 0 Å². The van der Waals surface area contributed by atoms with Crippen molar-refractivity contribution in [3.8, 4) is 0 Å². The third kappa shape index (κ3) is 3.22. The molecule has 5 nitrogen and oxygen atoms in total. The fraction of sp³-hybridized carbons (Fsp3) is 0.417. The number of amides is 2. The number of halogens is 2. The summed E-state index contributed by atoms with van der Waals surface area (Å²) in [4.78, 5) is 29.5. The van der Waals surface area contributed by atoms with Crippen LogP contribution in [0.4, 0.5) is 8.78 Å². The third-order valence-corrected chi connectivity index (χ3v) is 6.84. The minimum Gasteiger partial charge on any atom is -0.342 e. The summed E-state index contributed by atoms with van der Waals surface area (Å²) in [5.41, 5.74) is 0.0440. The highest BCUT2D eigenvalue weighted by molar-refractivity contribution is 5.95. The maximum atomic E-state index is 14.3. The van der Waals surface area contributed by atoms with Crippen LogP contribution in [-0.4, -0.2) is 46.5 Å². The zero-order chi connectivity index (χ0) is 21.8. The molecular weight excluding hydrogens is 402 g/mol. The van der Waals surface area contributed by atoms with Crippen LogP contribution in [0.25, 0.3) is 0 Å². The number of aryl methyl sites for hydroxylation is 1. The molecule has 3 fully saturated rings. The highest BCUT2D eigenvalue weighted by atomic mass is 19.1. The number of likely N-dealkylation sites (tertiary alicyclic amines) is 1. The van der Waals surface area contributed by atoms with Crippen LogP contribution in [0.2, 0.25) is 0 Å². The van der Waals surface area contributed by atoms with E-state index in [1.54, 1.807) is 0 Å². The summed E-state index contributed by atoms with van der Waals surface area (Å²) < 4.78 is 34.4. The average molecular weight is 426 g/mol. The lowest BCUT2D eigenvalue weighted by atomic mass is 9.89. The van der Waals surface area contributed by atoms with E-state index in [4.69, 9.17) is 4.74 Å². The van der Waals surface area contributed by atoms with Gasteiger partial charge in [0.15, 0.2) is 5.60 Å². The van der Waals surface area contributed by atoms with Gasteiger partial charge in [0.05, 0.1) is 11.6 Å². The smallest absolute Gasteiger partial charge is 0.257 e. The molecule has 0 saturated carbocycles. The first-order valence-electron chi connectivity index (χ1n) is 10.7. The molecule has 0 aromatic heterocycles. The molecular formula is C24H24F2N2O3. The van der Waals surface area contributed by atoms with Gasteiger partial charge in [-0.05, 0) is 43.0 Å². The van der Waals surface area contributed by atoms with Crippen molar-refractivity contribution in [1.29, 1.82) is 0 Å². The Labute approximate surface area is 179 Å². The van der Waals surface area contributed by atoms with E-state index in [1.807, 2.05) is 35.2 Å². The van der Waals surface area contributed by atoms with Gasteiger partial charge in [-0.15, -0.1) is 0 Å². The molecule has 162 valence electrons. The van der Waals surface area contributed by atoms with E-state index >= 15 is 0 Å². The second kappa shape index (κ2) is 7.41. The summed E-state index contributed by atoms with van der Waals surface area (Å²) in [7, 11) is 0. The highest BCUT2D eigenvalue weighted by Gasteiger charge is 2.58. The number of hydrogen-bond acceptors (Lipinski definition) is 3. The molecule has 0 unspecified atom stereocenters. The molecule has 0 bridgehead atoms. The van der Waals surface area contributed by atoms with Crippen LogP contribution < -0.4 is 0 Å². The van der Waals surface area contributed by atoms with Gasteiger partial charge in [0.25, 0.3) is 11.8 Å². The maximum Gasteiger partial charge on any atom is 0.257 e. The molecule has 31 heavy (non-hydrogen) atoms. The summed E-state index contributed by atoms with van der Waals surface area (Å²) in [5, 5.41) is 0. The van der Waals surface area contributed by atoms with Crippen LogP contribution in [0.1, 0.15) is 53.2 Å². The summed E-state index contributed by atoms with van der Waals surface area (Å²) in [5.74, 6) is -1.92. The number of fused-ring (bicyclic) bond motifs is 1. The second-order valence-corrected chi connectivity index (χ2v) is 8.66. The molecule has 0 radical (unpaired) electrons. The molecule has 5 rings (SSSR count). The van der Waals surface area contributed by atoms with Crippen LogP contribution in [0.15, 0.2) is 42.5 Å². The first kappa shape index (κ1) is 20.1. The number of rotatable bonds is 2. The lowest BCUT2D eigenvalue weighted by Gasteiger charge is -2.37. The Morgan fingerprint density at radius 1 is 1.06 bits per heavy atom. The molecule has 1 spiro atoms. The quantitative estimate of drug-likeness (QED) is 0.730. The zero-order valence-electron chi connectivity index (χ0n) is 17.3. The standard InChI is InChI=1S/C24H24F2N2O3/c1-15-13-19(26)17(14-18(15)25)22(29)27-11-9-24(10-12-27)23(30)28-20(7-8-21(28)31-24)16-5-3-2-4-6-16/h2-6,13-14,20-21H,7-12H2,1H3/t20-,21+/m0/s1. The van der Waals surface area contributed by atoms with E-state index in [-0.39, 0.29) is 42.4 Å². The van der Waals surface area contributed by atoms with E-state index in [1.165, 1.54) is 11.8 Å². The van der Waals surface area contributed by atoms with Gasteiger partial charge in [-0.25, -0.2) is 8.78 Å². The van der Waals surface area contributed by atoms with Gasteiger partial charge in [0.1, 0.15) is 17.9 Å². The van der Waals surface area contributed by atoms with E-state index in [9.17, 15) is 18.4 Å². The van der Waals surface area contributed by atoms with Gasteiger partial charge in [-0.2, -0.15) is 0 Å². The number of ether oxygens (including phenoxy) is 1. The lowest BCUT2D eigenvalue weighted by molar-refractivity contribution is -0.142. The van der Waals surface area contributed by atoms with Crippen LogP contribution in [0, 0.1) is 18.6 Å². The minimum atomic E-state index is -0.939. The van der Waals surface area contributed by atoms with Crippen molar-refractivity contribution in [2.75, 3.05) is 13.1 Å². The molecule has 2 aromatic carbocycles. The normalized spacial score (nSPS) is 24.7. The molecule has 2 atom stereocenters. The van der Waals surface area contributed by atoms with E-state index in [2.05, 4.69) is 0 Å². The lowest BCUT2D eigenvalue weighted by Crippen LogP contribution is -2.51. The molecule has 0 N–H and O–H groups in total. The molecule has 2 amide bonds. The summed E-state index contributed by atoms with van der Waals surface area (Å²) in [6, 6.07) is 11.9. The number of nitrogens with zero attached hydrogens (tertiary/aromatic N) is 2. The molecule has 3 saturated heterocycles. The Morgan fingerprint density at radius 2 is 1.77 bits per heavy atom.